The molecule has 0 saturated carbocycles. The van der Waals surface area contributed by atoms with Gasteiger partial charge in [-0.2, -0.15) is 5.10 Å². The molecule has 6 heteroatoms. The van der Waals surface area contributed by atoms with E-state index in [-0.39, 0.29) is 0 Å². The molecule has 0 aliphatic heterocycles. The van der Waals surface area contributed by atoms with E-state index in [9.17, 15) is 5.11 Å². The number of ether oxygens (including phenoxy) is 1. The molecule has 0 aliphatic carbocycles. The van der Waals surface area contributed by atoms with Crippen LogP contribution in [0.25, 0.3) is 0 Å². The van der Waals surface area contributed by atoms with Gasteiger partial charge in [0.15, 0.2) is 0 Å². The summed E-state index contributed by atoms with van der Waals surface area (Å²) in [6, 6.07) is 0. The number of likely N-dealkylation sites (N-methyl/N-ethyl adjacent to an activating group) is 1. The minimum atomic E-state index is -0.465. The van der Waals surface area contributed by atoms with Crippen LogP contribution in [0, 0.1) is 0 Å². The molecule has 0 aromatic carbocycles. The zero-order chi connectivity index (χ0) is 11.3. The summed E-state index contributed by atoms with van der Waals surface area (Å²) in [6.45, 7) is 1.57. The lowest BCUT2D eigenvalue weighted by atomic mass is 10.3. The average molecular weight is 214 g/mol. The van der Waals surface area contributed by atoms with Crippen LogP contribution in [-0.4, -0.2) is 58.2 Å². The Morgan fingerprint density at radius 3 is 2.93 bits per heavy atom. The van der Waals surface area contributed by atoms with E-state index in [0.29, 0.717) is 19.7 Å². The van der Waals surface area contributed by atoms with Crippen LogP contribution < -0.4 is 0 Å². The van der Waals surface area contributed by atoms with Crippen LogP contribution in [-0.2, 0) is 18.3 Å². The second-order valence-corrected chi connectivity index (χ2v) is 3.61. The van der Waals surface area contributed by atoms with Crippen LogP contribution in [0.15, 0.2) is 6.33 Å². The van der Waals surface area contributed by atoms with Crippen molar-refractivity contribution in [2.45, 2.75) is 12.6 Å². The maximum Gasteiger partial charge on any atom is 0.140 e. The topological polar surface area (TPSA) is 63.4 Å². The molecule has 0 bridgehead atoms. The van der Waals surface area contributed by atoms with Gasteiger partial charge in [-0.3, -0.25) is 9.58 Å². The zero-order valence-corrected chi connectivity index (χ0v) is 9.42. The molecule has 1 aromatic rings. The van der Waals surface area contributed by atoms with E-state index in [0.717, 1.165) is 5.82 Å². The summed E-state index contributed by atoms with van der Waals surface area (Å²) in [5.41, 5.74) is 0. The van der Waals surface area contributed by atoms with Gasteiger partial charge in [-0.1, -0.05) is 0 Å². The van der Waals surface area contributed by atoms with E-state index in [1.54, 1.807) is 11.8 Å². The van der Waals surface area contributed by atoms with E-state index in [4.69, 9.17) is 4.74 Å². The van der Waals surface area contributed by atoms with Crippen molar-refractivity contribution in [2.75, 3.05) is 27.3 Å². The summed E-state index contributed by atoms with van der Waals surface area (Å²) >= 11 is 0. The molecule has 1 rings (SSSR count). The highest BCUT2D eigenvalue weighted by atomic mass is 16.5. The molecule has 0 saturated heterocycles. The van der Waals surface area contributed by atoms with Gasteiger partial charge in [0.2, 0.25) is 0 Å². The Kier molecular flexibility index (Phi) is 4.67. The summed E-state index contributed by atoms with van der Waals surface area (Å²) < 4.78 is 6.58. The summed E-state index contributed by atoms with van der Waals surface area (Å²) in [7, 11) is 5.35. The molecule has 1 atom stereocenters. The van der Waals surface area contributed by atoms with Crippen LogP contribution in [0.4, 0.5) is 0 Å². The molecule has 86 valence electrons. The van der Waals surface area contributed by atoms with Crippen LogP contribution in [0.5, 0.6) is 0 Å². The zero-order valence-electron chi connectivity index (χ0n) is 9.42. The number of aliphatic hydroxyl groups excluding tert-OH is 1. The third kappa shape index (κ3) is 3.94. The Hall–Kier alpha value is -0.980. The van der Waals surface area contributed by atoms with E-state index < -0.39 is 6.10 Å². The van der Waals surface area contributed by atoms with E-state index in [1.165, 1.54) is 6.33 Å². The van der Waals surface area contributed by atoms with Crippen molar-refractivity contribution in [3.63, 3.8) is 0 Å². The van der Waals surface area contributed by atoms with E-state index in [2.05, 4.69) is 10.1 Å². The maximum absolute atomic E-state index is 9.51. The van der Waals surface area contributed by atoms with Crippen molar-refractivity contribution in [2.24, 2.45) is 7.05 Å². The van der Waals surface area contributed by atoms with Gasteiger partial charge in [0.1, 0.15) is 12.2 Å². The largest absolute Gasteiger partial charge is 0.389 e. The first-order valence-electron chi connectivity index (χ1n) is 4.82. The van der Waals surface area contributed by atoms with Gasteiger partial charge >= 0.3 is 0 Å². The minimum Gasteiger partial charge on any atom is -0.389 e. The number of rotatable bonds is 6. The lowest BCUT2D eigenvalue weighted by Gasteiger charge is -2.19. The third-order valence-electron chi connectivity index (χ3n) is 2.10. The number of methoxy groups -OCH3 is 1. The highest BCUT2D eigenvalue weighted by Crippen LogP contribution is 1.98. The van der Waals surface area contributed by atoms with Gasteiger partial charge in [0.25, 0.3) is 0 Å². The van der Waals surface area contributed by atoms with E-state index in [1.807, 2.05) is 19.0 Å². The number of aromatic nitrogens is 3. The Morgan fingerprint density at radius 1 is 1.67 bits per heavy atom. The minimum absolute atomic E-state index is 0.350. The van der Waals surface area contributed by atoms with Crippen molar-refractivity contribution in [1.82, 2.24) is 19.7 Å². The van der Waals surface area contributed by atoms with Crippen molar-refractivity contribution in [3.05, 3.63) is 12.2 Å². The molecule has 1 N–H and O–H groups in total. The molecule has 0 spiro atoms. The lowest BCUT2D eigenvalue weighted by molar-refractivity contribution is 0.0412. The van der Waals surface area contributed by atoms with Crippen LogP contribution in [0.1, 0.15) is 5.82 Å². The third-order valence-corrected chi connectivity index (χ3v) is 2.10. The molecule has 0 aliphatic rings. The van der Waals surface area contributed by atoms with Gasteiger partial charge in [0.05, 0.1) is 19.3 Å². The maximum atomic E-state index is 9.51. The Morgan fingerprint density at radius 2 is 2.40 bits per heavy atom. The first kappa shape index (κ1) is 12.1. The van der Waals surface area contributed by atoms with E-state index >= 15 is 0 Å². The standard InChI is InChI=1S/C9H18N4O2/c1-12(4-8(14)6-15-3)5-9-10-7-11-13(9)2/h7-8,14H,4-6H2,1-3H3. The number of hydrogen-bond acceptors (Lipinski definition) is 5. The van der Waals surface area contributed by atoms with Crippen LogP contribution >= 0.6 is 0 Å². The van der Waals surface area contributed by atoms with Crippen molar-refractivity contribution < 1.29 is 9.84 Å². The summed E-state index contributed by atoms with van der Waals surface area (Å²) in [4.78, 5) is 6.09. The SMILES string of the molecule is COCC(O)CN(C)Cc1ncnn1C. The Labute approximate surface area is 89.5 Å². The Bertz CT molecular complexity index is 289. The quantitative estimate of drug-likeness (QED) is 0.675. The molecule has 0 fully saturated rings. The number of aryl methyl sites for hydroxylation is 1. The smallest absolute Gasteiger partial charge is 0.140 e. The number of aliphatic hydroxyl groups is 1. The second kappa shape index (κ2) is 5.79. The average Bonchev–Trinajstić information content (AvgIpc) is 2.52. The molecule has 15 heavy (non-hydrogen) atoms. The normalized spacial score (nSPS) is 13.4. The fraction of sp³-hybridized carbons (Fsp3) is 0.778. The van der Waals surface area contributed by atoms with Crippen molar-refractivity contribution in [3.8, 4) is 0 Å². The predicted octanol–water partition coefficient (Wildman–Crippen LogP) is -0.746. The van der Waals surface area contributed by atoms with Crippen molar-refractivity contribution in [1.29, 1.82) is 0 Å². The predicted molar refractivity (Wildman–Crippen MR) is 55.2 cm³/mol. The molecule has 1 aromatic heterocycles. The highest BCUT2D eigenvalue weighted by molar-refractivity contribution is 4.83. The molecular formula is C9H18N4O2. The van der Waals surface area contributed by atoms with Crippen molar-refractivity contribution >= 4 is 0 Å². The lowest BCUT2D eigenvalue weighted by Crippen LogP contribution is -2.32. The van der Waals surface area contributed by atoms with Crippen LogP contribution in [0.3, 0.4) is 0 Å². The number of nitrogens with zero attached hydrogens (tertiary/aromatic N) is 4. The summed E-state index contributed by atoms with van der Waals surface area (Å²) in [5, 5.41) is 13.5. The molecule has 6 nitrogen and oxygen atoms in total. The molecular weight excluding hydrogens is 196 g/mol. The Balaban J connectivity index is 2.36. The van der Waals surface area contributed by atoms with Gasteiger partial charge in [-0.05, 0) is 7.05 Å². The fourth-order valence-electron chi connectivity index (χ4n) is 1.37. The summed E-state index contributed by atoms with van der Waals surface area (Å²) in [6.07, 6.45) is 1.06. The first-order chi connectivity index (χ1) is 7.13. The fourth-order valence-corrected chi connectivity index (χ4v) is 1.37. The monoisotopic (exact) mass is 214 g/mol. The molecule has 1 unspecified atom stereocenters. The first-order valence-corrected chi connectivity index (χ1v) is 4.82. The van der Waals surface area contributed by atoms with Crippen LogP contribution in [0.2, 0.25) is 0 Å². The van der Waals surface area contributed by atoms with Gasteiger partial charge in [-0.25, -0.2) is 4.98 Å². The number of hydrogen-bond donors (Lipinski definition) is 1. The second-order valence-electron chi connectivity index (χ2n) is 3.61. The van der Waals surface area contributed by atoms with Gasteiger partial charge < -0.3 is 9.84 Å². The molecule has 0 radical (unpaired) electrons. The molecule has 1 heterocycles. The summed E-state index contributed by atoms with van der Waals surface area (Å²) in [5.74, 6) is 0.877. The van der Waals surface area contributed by atoms with Gasteiger partial charge in [0, 0.05) is 20.7 Å². The van der Waals surface area contributed by atoms with Gasteiger partial charge in [-0.15, -0.1) is 0 Å². The molecule has 0 amide bonds. The highest BCUT2D eigenvalue weighted by Gasteiger charge is 2.10.